The molecule has 1 saturated heterocycles. The van der Waals surface area contributed by atoms with Crippen LogP contribution in [0, 0.1) is 5.92 Å². The van der Waals surface area contributed by atoms with Gasteiger partial charge in [-0.2, -0.15) is 0 Å². The summed E-state index contributed by atoms with van der Waals surface area (Å²) >= 11 is 0. The molecule has 1 aromatic rings. The van der Waals surface area contributed by atoms with Gasteiger partial charge in [0.25, 0.3) is 0 Å². The maximum Gasteiger partial charge on any atom is 0.227 e. The fourth-order valence-electron chi connectivity index (χ4n) is 2.88. The minimum absolute atomic E-state index is 0.0875. The lowest BCUT2D eigenvalue weighted by atomic mass is 9.92. The van der Waals surface area contributed by atoms with E-state index in [1.165, 1.54) is 5.56 Å². The molecule has 0 saturated carbocycles. The maximum absolute atomic E-state index is 12.4. The zero-order chi connectivity index (χ0) is 14.0. The standard InChI is InChI=1S/C16H24N2O/c1-11(12(2)17)16(19)18-10-9-15(13(18)3)14-7-5-4-6-8-14/h4-8,11-13,15H,9-10,17H2,1-3H3. The molecule has 0 spiro atoms. The molecule has 1 fully saturated rings. The zero-order valence-electron chi connectivity index (χ0n) is 12.0. The van der Waals surface area contributed by atoms with Crippen LogP contribution in [0.3, 0.4) is 0 Å². The van der Waals surface area contributed by atoms with Crippen LogP contribution in [0.2, 0.25) is 0 Å². The van der Waals surface area contributed by atoms with Crippen LogP contribution in [-0.2, 0) is 4.79 Å². The average Bonchev–Trinajstić information content (AvgIpc) is 2.79. The molecule has 104 valence electrons. The third-order valence-electron chi connectivity index (χ3n) is 4.44. The number of rotatable bonds is 3. The van der Waals surface area contributed by atoms with Crippen LogP contribution in [-0.4, -0.2) is 29.4 Å². The van der Waals surface area contributed by atoms with E-state index in [-0.39, 0.29) is 23.9 Å². The highest BCUT2D eigenvalue weighted by molar-refractivity contribution is 5.80. The molecule has 3 heteroatoms. The van der Waals surface area contributed by atoms with Gasteiger partial charge < -0.3 is 10.6 Å². The first-order valence-electron chi connectivity index (χ1n) is 7.13. The fourth-order valence-corrected chi connectivity index (χ4v) is 2.88. The molecular weight excluding hydrogens is 236 g/mol. The van der Waals surface area contributed by atoms with Crippen molar-refractivity contribution in [2.45, 2.75) is 45.2 Å². The van der Waals surface area contributed by atoms with E-state index >= 15 is 0 Å². The Kier molecular flexibility index (Phi) is 4.25. The molecule has 2 N–H and O–H groups in total. The van der Waals surface area contributed by atoms with E-state index < -0.39 is 0 Å². The Morgan fingerprint density at radius 2 is 1.95 bits per heavy atom. The Morgan fingerprint density at radius 3 is 2.53 bits per heavy atom. The van der Waals surface area contributed by atoms with Crippen molar-refractivity contribution in [3.63, 3.8) is 0 Å². The SMILES string of the molecule is CC(N)C(C)C(=O)N1CCC(c2ccccc2)C1C. The first kappa shape index (κ1) is 14.1. The van der Waals surface area contributed by atoms with Crippen molar-refractivity contribution in [1.82, 2.24) is 4.90 Å². The number of carbonyl (C=O) groups is 1. The van der Waals surface area contributed by atoms with Gasteiger partial charge in [-0.1, -0.05) is 37.3 Å². The van der Waals surface area contributed by atoms with Gasteiger partial charge >= 0.3 is 0 Å². The summed E-state index contributed by atoms with van der Waals surface area (Å²) in [5.74, 6) is 0.545. The number of likely N-dealkylation sites (tertiary alicyclic amines) is 1. The second-order valence-electron chi connectivity index (χ2n) is 5.73. The Labute approximate surface area is 115 Å². The van der Waals surface area contributed by atoms with Crippen LogP contribution in [0.25, 0.3) is 0 Å². The fraction of sp³-hybridized carbons (Fsp3) is 0.562. The lowest BCUT2D eigenvalue weighted by Crippen LogP contribution is -2.43. The normalized spacial score (nSPS) is 26.2. The molecule has 4 atom stereocenters. The third-order valence-corrected chi connectivity index (χ3v) is 4.44. The van der Waals surface area contributed by atoms with Gasteiger partial charge in [0.05, 0.1) is 5.92 Å². The van der Waals surface area contributed by atoms with E-state index in [0.29, 0.717) is 5.92 Å². The number of carbonyl (C=O) groups excluding carboxylic acids is 1. The van der Waals surface area contributed by atoms with Crippen LogP contribution in [0.4, 0.5) is 0 Å². The third kappa shape index (κ3) is 2.81. The summed E-state index contributed by atoms with van der Waals surface area (Å²) < 4.78 is 0. The van der Waals surface area contributed by atoms with Crippen LogP contribution in [0.5, 0.6) is 0 Å². The van der Waals surface area contributed by atoms with Crippen LogP contribution >= 0.6 is 0 Å². The topological polar surface area (TPSA) is 46.3 Å². The van der Waals surface area contributed by atoms with Gasteiger partial charge in [0.2, 0.25) is 5.91 Å². The Hall–Kier alpha value is -1.35. The van der Waals surface area contributed by atoms with Crippen molar-refractivity contribution in [3.8, 4) is 0 Å². The van der Waals surface area contributed by atoms with Crippen molar-refractivity contribution >= 4 is 5.91 Å². The Bertz CT molecular complexity index is 430. The molecule has 4 unspecified atom stereocenters. The molecule has 3 nitrogen and oxygen atoms in total. The number of amides is 1. The van der Waals surface area contributed by atoms with Crippen LogP contribution < -0.4 is 5.73 Å². The van der Waals surface area contributed by atoms with E-state index in [1.807, 2.05) is 24.8 Å². The Balaban J connectivity index is 2.10. The van der Waals surface area contributed by atoms with E-state index in [2.05, 4.69) is 31.2 Å². The number of hydrogen-bond acceptors (Lipinski definition) is 2. The van der Waals surface area contributed by atoms with Crippen molar-refractivity contribution in [1.29, 1.82) is 0 Å². The summed E-state index contributed by atoms with van der Waals surface area (Å²) in [7, 11) is 0. The van der Waals surface area contributed by atoms with Gasteiger partial charge in [0.15, 0.2) is 0 Å². The van der Waals surface area contributed by atoms with E-state index in [9.17, 15) is 4.79 Å². The predicted molar refractivity (Wildman–Crippen MR) is 77.8 cm³/mol. The monoisotopic (exact) mass is 260 g/mol. The van der Waals surface area contributed by atoms with Crippen LogP contribution in [0.1, 0.15) is 38.7 Å². The van der Waals surface area contributed by atoms with Gasteiger partial charge in [-0.15, -0.1) is 0 Å². The lowest BCUT2D eigenvalue weighted by Gasteiger charge is -2.29. The number of hydrogen-bond donors (Lipinski definition) is 1. The largest absolute Gasteiger partial charge is 0.339 e. The van der Waals surface area contributed by atoms with Gasteiger partial charge in [0, 0.05) is 24.5 Å². The zero-order valence-corrected chi connectivity index (χ0v) is 12.0. The summed E-state index contributed by atoms with van der Waals surface area (Å²) in [6.07, 6.45) is 1.04. The summed E-state index contributed by atoms with van der Waals surface area (Å²) in [5.41, 5.74) is 7.18. The van der Waals surface area contributed by atoms with Gasteiger partial charge in [-0.25, -0.2) is 0 Å². The maximum atomic E-state index is 12.4. The number of benzene rings is 1. The highest BCUT2D eigenvalue weighted by Crippen LogP contribution is 2.34. The molecule has 0 radical (unpaired) electrons. The number of nitrogens with zero attached hydrogens (tertiary/aromatic N) is 1. The summed E-state index contributed by atoms with van der Waals surface area (Å²) in [6.45, 7) is 6.82. The first-order chi connectivity index (χ1) is 9.02. The molecule has 2 rings (SSSR count). The van der Waals surface area contributed by atoms with Gasteiger partial charge in [-0.3, -0.25) is 4.79 Å². The molecule has 0 aromatic heterocycles. The van der Waals surface area contributed by atoms with E-state index in [4.69, 9.17) is 5.73 Å². The van der Waals surface area contributed by atoms with Crippen molar-refractivity contribution < 1.29 is 4.79 Å². The van der Waals surface area contributed by atoms with Gasteiger partial charge in [0.1, 0.15) is 0 Å². The first-order valence-corrected chi connectivity index (χ1v) is 7.13. The molecule has 19 heavy (non-hydrogen) atoms. The smallest absolute Gasteiger partial charge is 0.227 e. The second kappa shape index (κ2) is 5.74. The van der Waals surface area contributed by atoms with E-state index in [1.54, 1.807) is 0 Å². The molecule has 0 bridgehead atoms. The predicted octanol–water partition coefficient (Wildman–Crippen LogP) is 2.37. The van der Waals surface area contributed by atoms with Crippen LogP contribution in [0.15, 0.2) is 30.3 Å². The highest BCUT2D eigenvalue weighted by Gasteiger charge is 2.36. The highest BCUT2D eigenvalue weighted by atomic mass is 16.2. The summed E-state index contributed by atoms with van der Waals surface area (Å²) in [4.78, 5) is 14.4. The minimum Gasteiger partial charge on any atom is -0.339 e. The van der Waals surface area contributed by atoms with Crippen molar-refractivity contribution in [2.75, 3.05) is 6.54 Å². The summed E-state index contributed by atoms with van der Waals surface area (Å²) in [5, 5.41) is 0. The lowest BCUT2D eigenvalue weighted by molar-refractivity contribution is -0.136. The summed E-state index contributed by atoms with van der Waals surface area (Å²) in [6, 6.07) is 10.7. The van der Waals surface area contributed by atoms with Gasteiger partial charge in [-0.05, 0) is 25.8 Å². The molecule has 1 amide bonds. The van der Waals surface area contributed by atoms with Crippen molar-refractivity contribution in [2.24, 2.45) is 11.7 Å². The van der Waals surface area contributed by atoms with E-state index in [0.717, 1.165) is 13.0 Å². The molecule has 1 aliphatic rings. The average molecular weight is 260 g/mol. The number of nitrogens with two attached hydrogens (primary N) is 1. The molecule has 1 aliphatic heterocycles. The minimum atomic E-state index is -0.100. The molecule has 1 heterocycles. The van der Waals surface area contributed by atoms with Crippen molar-refractivity contribution in [3.05, 3.63) is 35.9 Å². The molecule has 1 aromatic carbocycles. The quantitative estimate of drug-likeness (QED) is 0.907. The molecular formula is C16H24N2O. The Morgan fingerprint density at radius 1 is 1.32 bits per heavy atom. The second-order valence-corrected chi connectivity index (χ2v) is 5.73. The molecule has 0 aliphatic carbocycles.